The van der Waals surface area contributed by atoms with Crippen LogP contribution in [0.2, 0.25) is 0 Å². The van der Waals surface area contributed by atoms with Crippen LogP contribution in [-0.2, 0) is 18.4 Å². The molecule has 2 N–H and O–H groups in total. The topological polar surface area (TPSA) is 61.7 Å². The van der Waals surface area contributed by atoms with Crippen LogP contribution in [0.4, 0.5) is 0 Å². The van der Waals surface area contributed by atoms with Crippen LogP contribution in [0.15, 0.2) is 21.7 Å². The highest BCUT2D eigenvalue weighted by Crippen LogP contribution is 2.14. The van der Waals surface area contributed by atoms with Crippen molar-refractivity contribution in [1.29, 1.82) is 0 Å². The van der Waals surface area contributed by atoms with E-state index < -0.39 is 0 Å². The number of aliphatic imine (C=N–C) groups is 1. The van der Waals surface area contributed by atoms with Crippen molar-refractivity contribution in [2.45, 2.75) is 39.8 Å². The minimum absolute atomic E-state index is 0. The van der Waals surface area contributed by atoms with Gasteiger partial charge in [0, 0.05) is 49.5 Å². The van der Waals surface area contributed by atoms with Crippen molar-refractivity contribution in [2.24, 2.45) is 12.0 Å². The monoisotopic (exact) mass is 513 g/mol. The number of aromatic nitrogens is 1. The molecule has 0 aliphatic rings. The summed E-state index contributed by atoms with van der Waals surface area (Å²) in [4.78, 5) is 18.3. The lowest BCUT2D eigenvalue weighted by atomic mass is 10.3. The van der Waals surface area contributed by atoms with E-state index in [1.54, 1.807) is 0 Å². The quantitative estimate of drug-likeness (QED) is 0.335. The largest absolute Gasteiger partial charge is 0.357 e. The molecule has 0 radical (unpaired) electrons. The minimum Gasteiger partial charge on any atom is -0.357 e. The number of hydrogen-bond acceptors (Lipinski definition) is 2. The van der Waals surface area contributed by atoms with Crippen LogP contribution in [0.1, 0.15) is 32.9 Å². The highest BCUT2D eigenvalue weighted by molar-refractivity contribution is 14.0. The summed E-state index contributed by atoms with van der Waals surface area (Å²) in [6, 6.07) is 2.26. The fourth-order valence-electron chi connectivity index (χ4n) is 2.17. The number of guanidine groups is 1. The number of aryl methyl sites for hydroxylation is 1. The maximum Gasteiger partial charge on any atom is 0.222 e. The molecule has 0 aromatic carbocycles. The third-order valence-electron chi connectivity index (χ3n) is 3.22. The van der Waals surface area contributed by atoms with Crippen LogP contribution in [0.3, 0.4) is 0 Å². The molecule has 1 aromatic heterocycles. The zero-order valence-electron chi connectivity index (χ0n) is 15.1. The van der Waals surface area contributed by atoms with E-state index in [0.717, 1.165) is 23.5 Å². The molecule has 8 heteroatoms. The van der Waals surface area contributed by atoms with Crippen LogP contribution in [0.5, 0.6) is 0 Å². The average Bonchev–Trinajstić information content (AvgIpc) is 2.75. The van der Waals surface area contributed by atoms with Crippen molar-refractivity contribution in [3.05, 3.63) is 22.4 Å². The Morgan fingerprint density at radius 1 is 1.46 bits per heavy atom. The van der Waals surface area contributed by atoms with Crippen LogP contribution in [-0.4, -0.2) is 47.5 Å². The van der Waals surface area contributed by atoms with Crippen molar-refractivity contribution in [3.63, 3.8) is 0 Å². The summed E-state index contributed by atoms with van der Waals surface area (Å²) in [5.41, 5.74) is 1.18. The lowest BCUT2D eigenvalue weighted by Gasteiger charge is -2.22. The lowest BCUT2D eigenvalue weighted by molar-refractivity contribution is -0.121. The van der Waals surface area contributed by atoms with E-state index in [-0.39, 0.29) is 35.9 Å². The second-order valence-electron chi connectivity index (χ2n) is 5.82. The first-order valence-corrected chi connectivity index (χ1v) is 8.72. The first kappa shape index (κ1) is 23.2. The molecule has 24 heavy (non-hydrogen) atoms. The number of hydrogen-bond donors (Lipinski definition) is 2. The summed E-state index contributed by atoms with van der Waals surface area (Å²) in [5, 5.41) is 6.14. The molecule has 0 fully saturated rings. The Labute approximate surface area is 170 Å². The molecule has 1 rings (SSSR count). The van der Waals surface area contributed by atoms with E-state index in [4.69, 9.17) is 0 Å². The van der Waals surface area contributed by atoms with Gasteiger partial charge in [-0.25, -0.2) is 0 Å². The van der Waals surface area contributed by atoms with Gasteiger partial charge < -0.3 is 20.1 Å². The van der Waals surface area contributed by atoms with Gasteiger partial charge in [0.15, 0.2) is 5.96 Å². The van der Waals surface area contributed by atoms with Gasteiger partial charge in [-0.3, -0.25) is 9.79 Å². The maximum atomic E-state index is 11.7. The molecule has 1 aromatic rings. The summed E-state index contributed by atoms with van der Waals surface area (Å²) in [5.74, 6) is 0.843. The Morgan fingerprint density at radius 2 is 2.12 bits per heavy atom. The van der Waals surface area contributed by atoms with Crippen LogP contribution in [0, 0.1) is 0 Å². The molecule has 0 bridgehead atoms. The molecule has 1 heterocycles. The minimum atomic E-state index is 0. The van der Waals surface area contributed by atoms with Crippen molar-refractivity contribution in [2.75, 3.05) is 20.1 Å². The maximum absolute atomic E-state index is 11.7. The van der Waals surface area contributed by atoms with Gasteiger partial charge in [0.2, 0.25) is 5.91 Å². The Bertz CT molecular complexity index is 545. The summed E-state index contributed by atoms with van der Waals surface area (Å²) < 4.78 is 3.15. The molecule has 0 unspecified atom stereocenters. The second-order valence-corrected chi connectivity index (χ2v) is 6.74. The lowest BCUT2D eigenvalue weighted by Crippen LogP contribution is -2.39. The van der Waals surface area contributed by atoms with Gasteiger partial charge in [-0.2, -0.15) is 0 Å². The fraction of sp³-hybridized carbons (Fsp3) is 0.625. The predicted molar refractivity (Wildman–Crippen MR) is 114 cm³/mol. The van der Waals surface area contributed by atoms with Gasteiger partial charge in [-0.15, -0.1) is 24.0 Å². The van der Waals surface area contributed by atoms with Crippen molar-refractivity contribution >= 4 is 51.8 Å². The Morgan fingerprint density at radius 3 is 2.62 bits per heavy atom. The predicted octanol–water partition coefficient (Wildman–Crippen LogP) is 2.72. The summed E-state index contributed by atoms with van der Waals surface area (Å²) in [6.45, 7) is 7.95. The molecule has 1 amide bonds. The molecule has 6 nitrogen and oxygen atoms in total. The Hall–Kier alpha value is -0.770. The Balaban J connectivity index is 0.00000529. The van der Waals surface area contributed by atoms with Gasteiger partial charge in [0.05, 0.1) is 13.1 Å². The molecule has 0 saturated heterocycles. The van der Waals surface area contributed by atoms with Gasteiger partial charge in [-0.05, 0) is 42.8 Å². The molecule has 138 valence electrons. The highest BCUT2D eigenvalue weighted by atomic mass is 127. The number of carbonyl (C=O) groups is 1. The smallest absolute Gasteiger partial charge is 0.222 e. The average molecular weight is 514 g/mol. The van der Waals surface area contributed by atoms with E-state index in [1.165, 1.54) is 5.69 Å². The number of amides is 1. The number of halogens is 2. The summed E-state index contributed by atoms with van der Waals surface area (Å²) in [7, 11) is 4.02. The normalized spacial score (nSPS) is 11.2. The van der Waals surface area contributed by atoms with Crippen molar-refractivity contribution in [3.8, 4) is 0 Å². The molecule has 0 aliphatic carbocycles. The van der Waals surface area contributed by atoms with E-state index in [2.05, 4.69) is 47.1 Å². The number of carbonyl (C=O) groups excluding carboxylic acids is 1. The van der Waals surface area contributed by atoms with Crippen molar-refractivity contribution in [1.82, 2.24) is 20.1 Å². The van der Waals surface area contributed by atoms with Gasteiger partial charge in [0.25, 0.3) is 0 Å². The van der Waals surface area contributed by atoms with Crippen LogP contribution >= 0.6 is 39.9 Å². The second kappa shape index (κ2) is 11.7. The zero-order valence-corrected chi connectivity index (χ0v) is 19.0. The molecule has 0 aliphatic heterocycles. The Kier molecular flexibility index (Phi) is 11.4. The molecule has 0 atom stereocenters. The fourth-order valence-corrected chi connectivity index (χ4v) is 2.74. The van der Waals surface area contributed by atoms with Gasteiger partial charge >= 0.3 is 0 Å². The first-order chi connectivity index (χ1) is 10.8. The zero-order chi connectivity index (χ0) is 17.4. The first-order valence-electron chi connectivity index (χ1n) is 7.93. The number of rotatable bonds is 7. The van der Waals surface area contributed by atoms with Crippen LogP contribution < -0.4 is 10.6 Å². The van der Waals surface area contributed by atoms with E-state index in [0.29, 0.717) is 13.0 Å². The van der Waals surface area contributed by atoms with E-state index >= 15 is 0 Å². The molecule has 0 spiro atoms. The van der Waals surface area contributed by atoms with Gasteiger partial charge in [0.1, 0.15) is 0 Å². The van der Waals surface area contributed by atoms with Crippen molar-refractivity contribution < 1.29 is 4.79 Å². The SMILES string of the molecule is CCNC(=NCCC(=O)NC(C)C)N(C)Cc1cc(Br)cn1C.I. The third kappa shape index (κ3) is 8.36. The number of nitrogens with one attached hydrogen (secondary N) is 2. The third-order valence-corrected chi connectivity index (χ3v) is 3.65. The summed E-state index contributed by atoms with van der Waals surface area (Å²) in [6.07, 6.45) is 2.43. The standard InChI is InChI=1S/C16H28BrN5O.HI/c1-6-18-16(19-8-7-15(23)20-12(2)3)22(5)11-14-9-13(17)10-21(14)4;/h9-10,12H,6-8,11H2,1-5H3,(H,18,19)(H,20,23);1H. The van der Waals surface area contributed by atoms with E-state index in [9.17, 15) is 4.79 Å². The molecular formula is C16H29BrIN5O. The van der Waals surface area contributed by atoms with Gasteiger partial charge in [-0.1, -0.05) is 0 Å². The van der Waals surface area contributed by atoms with E-state index in [1.807, 2.05) is 41.1 Å². The molecular weight excluding hydrogens is 485 g/mol. The highest BCUT2D eigenvalue weighted by Gasteiger charge is 2.10. The molecule has 0 saturated carbocycles. The number of nitrogens with zero attached hydrogens (tertiary/aromatic N) is 3. The summed E-state index contributed by atoms with van der Waals surface area (Å²) >= 11 is 3.49. The van der Waals surface area contributed by atoms with Crippen LogP contribution in [0.25, 0.3) is 0 Å².